The minimum atomic E-state index is -4.33. The Balaban J connectivity index is 1.72. The number of benzene rings is 1. The molecule has 0 unspecified atom stereocenters. The second-order valence-electron chi connectivity index (χ2n) is 5.94. The minimum Gasteiger partial charge on any atom is -0.398 e. The van der Waals surface area contributed by atoms with E-state index in [9.17, 15) is 18.0 Å². The van der Waals surface area contributed by atoms with Crippen LogP contribution in [-0.2, 0) is 9.53 Å². The molecule has 0 aromatic heterocycles. The third-order valence-electron chi connectivity index (χ3n) is 4.42. The number of halogens is 3. The number of hydrogen-bond acceptors (Lipinski definition) is 3. The van der Waals surface area contributed by atoms with Crippen LogP contribution in [0.15, 0.2) is 18.2 Å². The number of amides is 1. The molecule has 7 heteroatoms. The van der Waals surface area contributed by atoms with Crippen LogP contribution in [0.25, 0.3) is 0 Å². The minimum absolute atomic E-state index is 0.309. The SMILES string of the molecule is Cc1ccc(NC(=O)C23CC(C(F)(F)F)(CO2)C3)cc1N. The fraction of sp³-hybridized carbons (Fsp3) is 0.500. The van der Waals surface area contributed by atoms with E-state index in [2.05, 4.69) is 5.32 Å². The molecule has 2 aliphatic heterocycles. The van der Waals surface area contributed by atoms with Crippen LogP contribution in [0.4, 0.5) is 24.5 Å². The zero-order valence-corrected chi connectivity index (χ0v) is 11.4. The molecule has 114 valence electrons. The van der Waals surface area contributed by atoms with Gasteiger partial charge in [-0.15, -0.1) is 0 Å². The standard InChI is InChI=1S/C14H15F3N2O2/c1-8-2-3-9(4-10(8)18)19-11(20)13-5-12(6-13,7-21-13)14(15,16)17/h2-4H,5-7,18H2,1H3,(H,19,20). The zero-order valence-electron chi connectivity index (χ0n) is 11.4. The first-order valence-corrected chi connectivity index (χ1v) is 6.56. The van der Waals surface area contributed by atoms with E-state index < -0.39 is 29.7 Å². The molecule has 3 aliphatic rings. The normalized spacial score (nSPS) is 30.9. The summed E-state index contributed by atoms with van der Waals surface area (Å²) >= 11 is 0. The molecule has 4 rings (SSSR count). The summed E-state index contributed by atoms with van der Waals surface area (Å²) in [6.45, 7) is 1.38. The number of nitrogens with one attached hydrogen (secondary N) is 1. The quantitative estimate of drug-likeness (QED) is 0.825. The molecule has 0 spiro atoms. The van der Waals surface area contributed by atoms with Crippen molar-refractivity contribution in [1.82, 2.24) is 0 Å². The van der Waals surface area contributed by atoms with Crippen molar-refractivity contribution in [2.75, 3.05) is 17.7 Å². The van der Waals surface area contributed by atoms with E-state index in [0.717, 1.165) is 5.56 Å². The number of fused-ring (bicyclic) bond motifs is 1. The Morgan fingerprint density at radius 1 is 1.38 bits per heavy atom. The van der Waals surface area contributed by atoms with Gasteiger partial charge in [-0.3, -0.25) is 4.79 Å². The van der Waals surface area contributed by atoms with Crippen LogP contribution >= 0.6 is 0 Å². The number of carbonyl (C=O) groups excluding carboxylic acids is 1. The molecule has 1 saturated carbocycles. The highest BCUT2D eigenvalue weighted by atomic mass is 19.4. The average molecular weight is 300 g/mol. The van der Waals surface area contributed by atoms with E-state index in [1.54, 1.807) is 18.2 Å². The van der Waals surface area contributed by atoms with Gasteiger partial charge in [0.1, 0.15) is 5.60 Å². The topological polar surface area (TPSA) is 64.3 Å². The molecule has 3 fully saturated rings. The molecule has 0 radical (unpaired) electrons. The lowest BCUT2D eigenvalue weighted by atomic mass is 9.61. The second kappa shape index (κ2) is 4.13. The summed E-state index contributed by atoms with van der Waals surface area (Å²) in [5.41, 5.74) is 4.37. The van der Waals surface area contributed by atoms with Crippen molar-refractivity contribution in [3.63, 3.8) is 0 Å². The lowest BCUT2D eigenvalue weighted by Gasteiger charge is -2.43. The second-order valence-corrected chi connectivity index (χ2v) is 5.94. The molecule has 21 heavy (non-hydrogen) atoms. The van der Waals surface area contributed by atoms with Gasteiger partial charge < -0.3 is 15.8 Å². The number of rotatable bonds is 2. The summed E-state index contributed by atoms with van der Waals surface area (Å²) in [6.07, 6.45) is -4.95. The molecule has 1 aromatic carbocycles. The number of alkyl halides is 3. The van der Waals surface area contributed by atoms with Crippen molar-refractivity contribution in [3.8, 4) is 0 Å². The summed E-state index contributed by atoms with van der Waals surface area (Å²) in [4.78, 5) is 12.2. The molecular weight excluding hydrogens is 285 g/mol. The van der Waals surface area contributed by atoms with Crippen LogP contribution in [0, 0.1) is 12.3 Å². The van der Waals surface area contributed by atoms with Gasteiger partial charge in [0.2, 0.25) is 0 Å². The molecule has 1 aromatic rings. The summed E-state index contributed by atoms with van der Waals surface area (Å²) in [5, 5.41) is 2.59. The van der Waals surface area contributed by atoms with Crippen molar-refractivity contribution < 1.29 is 22.7 Å². The van der Waals surface area contributed by atoms with Crippen molar-refractivity contribution >= 4 is 17.3 Å². The number of nitrogen functional groups attached to an aromatic ring is 1. The molecule has 2 heterocycles. The van der Waals surface area contributed by atoms with Gasteiger partial charge in [-0.1, -0.05) is 6.07 Å². The zero-order chi connectivity index (χ0) is 15.5. The number of nitrogens with two attached hydrogens (primary N) is 1. The van der Waals surface area contributed by atoms with E-state index >= 15 is 0 Å². The molecule has 4 nitrogen and oxygen atoms in total. The van der Waals surface area contributed by atoms with Gasteiger partial charge in [0.05, 0.1) is 12.0 Å². The largest absolute Gasteiger partial charge is 0.398 e. The number of hydrogen-bond donors (Lipinski definition) is 2. The lowest BCUT2D eigenvalue weighted by molar-refractivity contribution is -0.241. The summed E-state index contributed by atoms with van der Waals surface area (Å²) < 4.78 is 43.9. The van der Waals surface area contributed by atoms with Gasteiger partial charge in [0.15, 0.2) is 0 Å². The third-order valence-corrected chi connectivity index (χ3v) is 4.42. The predicted octanol–water partition coefficient (Wildman–Crippen LogP) is 2.63. The van der Waals surface area contributed by atoms with Gasteiger partial charge in [0.25, 0.3) is 5.91 Å². The Kier molecular flexibility index (Phi) is 2.79. The lowest BCUT2D eigenvalue weighted by Crippen LogP contribution is -2.57. The maximum Gasteiger partial charge on any atom is 0.396 e. The maximum atomic E-state index is 12.9. The molecule has 0 atom stereocenters. The van der Waals surface area contributed by atoms with E-state index in [-0.39, 0.29) is 12.8 Å². The highest BCUT2D eigenvalue weighted by molar-refractivity contribution is 5.99. The Morgan fingerprint density at radius 3 is 2.57 bits per heavy atom. The van der Waals surface area contributed by atoms with Crippen LogP contribution < -0.4 is 11.1 Å². The van der Waals surface area contributed by atoms with E-state index in [1.165, 1.54) is 0 Å². The number of anilines is 2. The molecule has 2 saturated heterocycles. The van der Waals surface area contributed by atoms with E-state index in [0.29, 0.717) is 11.4 Å². The van der Waals surface area contributed by atoms with Crippen LogP contribution in [0.3, 0.4) is 0 Å². The summed E-state index contributed by atoms with van der Waals surface area (Å²) in [7, 11) is 0. The van der Waals surface area contributed by atoms with E-state index in [4.69, 9.17) is 10.5 Å². The van der Waals surface area contributed by atoms with E-state index in [1.807, 2.05) is 6.92 Å². The van der Waals surface area contributed by atoms with Gasteiger partial charge in [-0.2, -0.15) is 13.2 Å². The Bertz CT molecular complexity index is 607. The monoisotopic (exact) mass is 300 g/mol. The van der Waals surface area contributed by atoms with Crippen molar-refractivity contribution in [1.29, 1.82) is 0 Å². The number of aryl methyl sites for hydroxylation is 1. The summed E-state index contributed by atoms with van der Waals surface area (Å²) in [6, 6.07) is 4.97. The highest BCUT2D eigenvalue weighted by Crippen LogP contribution is 2.65. The highest BCUT2D eigenvalue weighted by Gasteiger charge is 2.76. The fourth-order valence-corrected chi connectivity index (χ4v) is 2.99. The molecule has 2 bridgehead atoms. The number of carbonyl (C=O) groups is 1. The van der Waals surface area contributed by atoms with Gasteiger partial charge in [-0.05, 0) is 24.6 Å². The molecule has 1 amide bonds. The average Bonchev–Trinajstić information content (AvgIpc) is 2.90. The fourth-order valence-electron chi connectivity index (χ4n) is 2.99. The Labute approximate surface area is 119 Å². The first-order chi connectivity index (χ1) is 9.67. The van der Waals surface area contributed by atoms with Crippen molar-refractivity contribution in [2.45, 2.75) is 31.5 Å². The van der Waals surface area contributed by atoms with Gasteiger partial charge in [-0.25, -0.2) is 0 Å². The Hall–Kier alpha value is -1.76. The van der Waals surface area contributed by atoms with Crippen LogP contribution in [0.5, 0.6) is 0 Å². The smallest absolute Gasteiger partial charge is 0.396 e. The predicted molar refractivity (Wildman–Crippen MR) is 70.6 cm³/mol. The molecular formula is C14H15F3N2O2. The first kappa shape index (κ1) is 14.2. The van der Waals surface area contributed by atoms with Crippen LogP contribution in [-0.4, -0.2) is 24.3 Å². The maximum absolute atomic E-state index is 12.9. The van der Waals surface area contributed by atoms with Gasteiger partial charge in [0, 0.05) is 24.2 Å². The third kappa shape index (κ3) is 1.98. The van der Waals surface area contributed by atoms with Crippen LogP contribution in [0.1, 0.15) is 18.4 Å². The van der Waals surface area contributed by atoms with Crippen LogP contribution in [0.2, 0.25) is 0 Å². The Morgan fingerprint density at radius 2 is 2.05 bits per heavy atom. The molecule has 3 N–H and O–H groups in total. The van der Waals surface area contributed by atoms with Crippen molar-refractivity contribution in [2.24, 2.45) is 5.41 Å². The van der Waals surface area contributed by atoms with Crippen molar-refractivity contribution in [3.05, 3.63) is 23.8 Å². The first-order valence-electron chi connectivity index (χ1n) is 6.56. The van der Waals surface area contributed by atoms with Gasteiger partial charge >= 0.3 is 6.18 Å². The molecule has 1 aliphatic carbocycles. The number of ether oxygens (including phenoxy) is 1. The summed E-state index contributed by atoms with van der Waals surface area (Å²) in [5.74, 6) is -0.539.